The lowest BCUT2D eigenvalue weighted by atomic mass is 10.1. The predicted molar refractivity (Wildman–Crippen MR) is 79.3 cm³/mol. The largest absolute Gasteiger partial charge is 0.384 e. The Morgan fingerprint density at radius 3 is 2.90 bits per heavy atom. The number of nitrogen functional groups attached to an aromatic ring is 1. The molecule has 0 amide bonds. The zero-order valence-electron chi connectivity index (χ0n) is 11.2. The van der Waals surface area contributed by atoms with Crippen molar-refractivity contribution in [1.82, 2.24) is 14.5 Å². The van der Waals surface area contributed by atoms with Crippen LogP contribution < -0.4 is 5.73 Å². The van der Waals surface area contributed by atoms with Crippen LogP contribution in [0.4, 0.5) is 0 Å². The average Bonchev–Trinajstić information content (AvgIpc) is 2.94. The van der Waals surface area contributed by atoms with Gasteiger partial charge in [0.2, 0.25) is 0 Å². The number of aromatic nitrogens is 3. The van der Waals surface area contributed by atoms with Crippen LogP contribution in [0.25, 0.3) is 16.7 Å². The summed E-state index contributed by atoms with van der Waals surface area (Å²) in [4.78, 5) is 8.94. The van der Waals surface area contributed by atoms with Crippen LogP contribution in [0.5, 0.6) is 0 Å². The fraction of sp³-hybridized carbons (Fsp3) is 0.133. The molecule has 0 unspecified atom stereocenters. The first-order chi connectivity index (χ1) is 9.70. The lowest BCUT2D eigenvalue weighted by Crippen LogP contribution is -2.13. The van der Waals surface area contributed by atoms with E-state index in [9.17, 15) is 0 Å². The quantitative estimate of drug-likeness (QED) is 0.563. The number of rotatable bonds is 3. The second-order valence-corrected chi connectivity index (χ2v) is 4.53. The minimum absolute atomic E-state index is 0.0445. The van der Waals surface area contributed by atoms with E-state index >= 15 is 0 Å². The monoisotopic (exact) mass is 265 g/mol. The Balaban J connectivity index is 2.30. The van der Waals surface area contributed by atoms with E-state index in [1.807, 2.05) is 48.0 Å². The summed E-state index contributed by atoms with van der Waals surface area (Å²) in [7, 11) is 0. The summed E-state index contributed by atoms with van der Waals surface area (Å²) in [5.41, 5.74) is 7.22. The van der Waals surface area contributed by atoms with Gasteiger partial charge in [0.15, 0.2) is 0 Å². The summed E-state index contributed by atoms with van der Waals surface area (Å²) in [6.45, 7) is 2.05. The zero-order chi connectivity index (χ0) is 14.1. The van der Waals surface area contributed by atoms with E-state index in [0.29, 0.717) is 5.56 Å². The summed E-state index contributed by atoms with van der Waals surface area (Å²) >= 11 is 0. The maximum Gasteiger partial charge on any atom is 0.139 e. The Bertz CT molecular complexity index is 788. The van der Waals surface area contributed by atoms with Crippen molar-refractivity contribution < 1.29 is 0 Å². The molecule has 1 aromatic carbocycles. The maximum absolute atomic E-state index is 7.76. The van der Waals surface area contributed by atoms with Crippen molar-refractivity contribution in [3.05, 3.63) is 54.1 Å². The normalized spacial score (nSPS) is 10.8. The molecule has 2 aromatic heterocycles. The van der Waals surface area contributed by atoms with Crippen molar-refractivity contribution in [2.45, 2.75) is 13.3 Å². The highest BCUT2D eigenvalue weighted by Gasteiger charge is 2.11. The maximum atomic E-state index is 7.76. The van der Waals surface area contributed by atoms with Crippen molar-refractivity contribution >= 4 is 16.7 Å². The Morgan fingerprint density at radius 1 is 1.35 bits per heavy atom. The first kappa shape index (κ1) is 12.3. The molecule has 0 atom stereocenters. The number of nitrogens with zero attached hydrogens (tertiary/aromatic N) is 3. The third-order valence-electron chi connectivity index (χ3n) is 3.27. The van der Waals surface area contributed by atoms with E-state index in [4.69, 9.17) is 11.1 Å². The van der Waals surface area contributed by atoms with Crippen LogP contribution in [0.1, 0.15) is 18.3 Å². The molecule has 0 aliphatic rings. The number of imidazole rings is 1. The Morgan fingerprint density at radius 2 is 2.15 bits per heavy atom. The van der Waals surface area contributed by atoms with Crippen LogP contribution in [0, 0.1) is 5.41 Å². The summed E-state index contributed by atoms with van der Waals surface area (Å²) < 4.78 is 1.93. The molecule has 20 heavy (non-hydrogen) atoms. The molecule has 5 nitrogen and oxygen atoms in total. The van der Waals surface area contributed by atoms with E-state index in [1.165, 1.54) is 0 Å². The highest BCUT2D eigenvalue weighted by Crippen LogP contribution is 2.20. The van der Waals surface area contributed by atoms with E-state index in [0.717, 1.165) is 29.0 Å². The van der Waals surface area contributed by atoms with Gasteiger partial charge in [-0.15, -0.1) is 0 Å². The SMILES string of the molecule is CCc1nccn1-c1cc(C(=N)N)c2ccccc2n1. The lowest BCUT2D eigenvalue weighted by molar-refractivity contribution is 0.871. The number of para-hydroxylation sites is 1. The van der Waals surface area contributed by atoms with Crippen LogP contribution in [-0.2, 0) is 6.42 Å². The molecular formula is C15H15N5. The number of benzene rings is 1. The standard InChI is InChI=1S/C15H15N5/c1-2-13-18-7-8-20(13)14-9-11(15(16)17)10-5-3-4-6-12(10)19-14/h3-9H,2H2,1H3,(H3,16,17). The summed E-state index contributed by atoms with van der Waals surface area (Å²) in [5, 5.41) is 8.65. The summed E-state index contributed by atoms with van der Waals surface area (Å²) in [6.07, 6.45) is 4.44. The first-order valence-corrected chi connectivity index (χ1v) is 6.47. The van der Waals surface area contributed by atoms with Gasteiger partial charge in [-0.05, 0) is 12.1 Å². The number of nitrogens with two attached hydrogens (primary N) is 1. The smallest absolute Gasteiger partial charge is 0.139 e. The van der Waals surface area contributed by atoms with Crippen molar-refractivity contribution in [3.8, 4) is 5.82 Å². The van der Waals surface area contributed by atoms with E-state index < -0.39 is 0 Å². The molecule has 0 bridgehead atoms. The molecule has 0 aliphatic heterocycles. The molecule has 2 heterocycles. The second-order valence-electron chi connectivity index (χ2n) is 4.53. The number of hydrogen-bond acceptors (Lipinski definition) is 3. The van der Waals surface area contributed by atoms with Gasteiger partial charge >= 0.3 is 0 Å². The molecule has 3 rings (SSSR count). The highest BCUT2D eigenvalue weighted by molar-refractivity contribution is 6.07. The van der Waals surface area contributed by atoms with Crippen molar-refractivity contribution in [2.75, 3.05) is 0 Å². The number of fused-ring (bicyclic) bond motifs is 1. The van der Waals surface area contributed by atoms with Crippen molar-refractivity contribution in [2.24, 2.45) is 5.73 Å². The third-order valence-corrected chi connectivity index (χ3v) is 3.27. The van der Waals surface area contributed by atoms with E-state index in [2.05, 4.69) is 9.97 Å². The molecule has 0 aliphatic carbocycles. The van der Waals surface area contributed by atoms with Crippen LogP contribution >= 0.6 is 0 Å². The fourth-order valence-electron chi connectivity index (χ4n) is 2.31. The van der Waals surface area contributed by atoms with Crippen LogP contribution in [-0.4, -0.2) is 20.4 Å². The highest BCUT2D eigenvalue weighted by atomic mass is 15.1. The summed E-state index contributed by atoms with van der Waals surface area (Å²) in [5.74, 6) is 1.72. The minimum Gasteiger partial charge on any atom is -0.384 e. The van der Waals surface area contributed by atoms with Crippen LogP contribution in [0.2, 0.25) is 0 Å². The van der Waals surface area contributed by atoms with Crippen LogP contribution in [0.15, 0.2) is 42.7 Å². The molecule has 0 saturated heterocycles. The van der Waals surface area contributed by atoms with E-state index in [1.54, 1.807) is 6.20 Å². The Labute approximate surface area is 116 Å². The molecule has 0 fully saturated rings. The zero-order valence-corrected chi connectivity index (χ0v) is 11.2. The molecule has 3 N–H and O–H groups in total. The van der Waals surface area contributed by atoms with Crippen molar-refractivity contribution in [3.63, 3.8) is 0 Å². The molecular weight excluding hydrogens is 250 g/mol. The van der Waals surface area contributed by atoms with Gasteiger partial charge in [-0.2, -0.15) is 0 Å². The number of hydrogen-bond donors (Lipinski definition) is 2. The number of pyridine rings is 1. The molecule has 3 aromatic rings. The molecule has 100 valence electrons. The van der Waals surface area contributed by atoms with Gasteiger partial charge in [-0.1, -0.05) is 25.1 Å². The molecule has 0 radical (unpaired) electrons. The molecule has 0 saturated carbocycles. The fourth-order valence-corrected chi connectivity index (χ4v) is 2.31. The Kier molecular flexibility index (Phi) is 2.95. The van der Waals surface area contributed by atoms with Gasteiger partial charge in [0.1, 0.15) is 17.5 Å². The van der Waals surface area contributed by atoms with Gasteiger partial charge in [-0.3, -0.25) is 9.98 Å². The van der Waals surface area contributed by atoms with Gasteiger partial charge in [0, 0.05) is 29.8 Å². The van der Waals surface area contributed by atoms with Gasteiger partial charge in [-0.25, -0.2) is 9.97 Å². The molecule has 0 spiro atoms. The minimum atomic E-state index is 0.0445. The van der Waals surface area contributed by atoms with Gasteiger partial charge < -0.3 is 5.73 Å². The third kappa shape index (κ3) is 1.93. The Hall–Kier alpha value is -2.69. The van der Waals surface area contributed by atoms with Crippen LogP contribution in [0.3, 0.4) is 0 Å². The summed E-state index contributed by atoms with van der Waals surface area (Å²) in [6, 6.07) is 9.54. The first-order valence-electron chi connectivity index (χ1n) is 6.47. The van der Waals surface area contributed by atoms with Crippen molar-refractivity contribution in [1.29, 1.82) is 5.41 Å². The average molecular weight is 265 g/mol. The molecule has 5 heteroatoms. The van der Waals surface area contributed by atoms with Gasteiger partial charge in [0.25, 0.3) is 0 Å². The van der Waals surface area contributed by atoms with Gasteiger partial charge in [0.05, 0.1) is 5.52 Å². The van der Waals surface area contributed by atoms with E-state index in [-0.39, 0.29) is 5.84 Å². The predicted octanol–water partition coefficient (Wildman–Crippen LogP) is 2.27. The number of amidine groups is 1. The lowest BCUT2D eigenvalue weighted by Gasteiger charge is -2.10. The number of aryl methyl sites for hydroxylation is 1. The number of nitrogens with one attached hydrogen (secondary N) is 1. The topological polar surface area (TPSA) is 80.6 Å². The second kappa shape index (κ2) is 4.77.